The van der Waals surface area contributed by atoms with Crippen LogP contribution in [0.4, 0.5) is 5.69 Å². The lowest BCUT2D eigenvalue weighted by atomic mass is 10.3. The summed E-state index contributed by atoms with van der Waals surface area (Å²) >= 11 is 0. The highest BCUT2D eigenvalue weighted by Gasteiger charge is 2.24. The Morgan fingerprint density at radius 1 is 1.15 bits per heavy atom. The highest BCUT2D eigenvalue weighted by molar-refractivity contribution is 7.95. The number of sulfone groups is 2. The minimum absolute atomic E-state index is 0.0480. The van der Waals surface area contributed by atoms with Crippen LogP contribution in [0.2, 0.25) is 0 Å². The molecule has 0 fully saturated rings. The van der Waals surface area contributed by atoms with E-state index in [2.05, 4.69) is 0 Å². The topological polar surface area (TPSA) is 104 Å². The van der Waals surface area contributed by atoms with Crippen molar-refractivity contribution < 1.29 is 21.6 Å². The molecular weight excluding hydrogens is 302 g/mol. The molecule has 0 amide bonds. The molecule has 0 aliphatic rings. The summed E-state index contributed by atoms with van der Waals surface area (Å²) in [7, 11) is -5.83. The van der Waals surface area contributed by atoms with Crippen LogP contribution in [0.5, 0.6) is 5.75 Å². The maximum Gasteiger partial charge on any atom is 0.183 e. The van der Waals surface area contributed by atoms with Crippen LogP contribution in [0.3, 0.4) is 0 Å². The van der Waals surface area contributed by atoms with Crippen molar-refractivity contribution in [2.24, 2.45) is 0 Å². The Morgan fingerprint density at radius 3 is 2.25 bits per heavy atom. The minimum atomic E-state index is -3.75. The highest BCUT2D eigenvalue weighted by atomic mass is 32.2. The van der Waals surface area contributed by atoms with Gasteiger partial charge in [0.1, 0.15) is 10.6 Å². The zero-order valence-corrected chi connectivity index (χ0v) is 13.3. The zero-order valence-electron chi connectivity index (χ0n) is 11.7. The van der Waals surface area contributed by atoms with Gasteiger partial charge in [0.25, 0.3) is 0 Å². The number of ether oxygens (including phenoxy) is 1. The average Bonchev–Trinajstić information content (AvgIpc) is 2.36. The van der Waals surface area contributed by atoms with E-state index in [0.717, 1.165) is 0 Å². The Balaban J connectivity index is 3.07. The van der Waals surface area contributed by atoms with Crippen molar-refractivity contribution in [2.75, 3.05) is 24.3 Å². The van der Waals surface area contributed by atoms with Crippen molar-refractivity contribution in [1.29, 1.82) is 0 Å². The molecule has 0 radical (unpaired) electrons. The number of benzene rings is 1. The summed E-state index contributed by atoms with van der Waals surface area (Å²) in [6.45, 7) is 3.04. The van der Waals surface area contributed by atoms with Gasteiger partial charge in [0.2, 0.25) is 0 Å². The largest absolute Gasteiger partial charge is 0.495 e. The number of hydrogen-bond donors (Lipinski definition) is 1. The molecule has 8 heteroatoms. The van der Waals surface area contributed by atoms with Gasteiger partial charge in [-0.1, -0.05) is 0 Å². The molecule has 0 unspecified atom stereocenters. The molecule has 0 aromatic heterocycles. The van der Waals surface area contributed by atoms with E-state index in [0.29, 0.717) is 5.69 Å². The maximum absolute atomic E-state index is 12.2. The second-order valence-electron chi connectivity index (χ2n) is 4.64. The summed E-state index contributed by atoms with van der Waals surface area (Å²) < 4.78 is 52.8. The second kappa shape index (κ2) is 6.01. The maximum atomic E-state index is 12.2. The van der Waals surface area contributed by atoms with Crippen LogP contribution >= 0.6 is 0 Å². The molecule has 20 heavy (non-hydrogen) atoms. The summed E-state index contributed by atoms with van der Waals surface area (Å²) in [5, 5.41) is -0.606. The molecule has 0 spiro atoms. The van der Waals surface area contributed by atoms with Gasteiger partial charge in [-0.05, 0) is 26.0 Å². The van der Waals surface area contributed by atoms with Crippen LogP contribution in [0.1, 0.15) is 13.8 Å². The van der Waals surface area contributed by atoms with E-state index >= 15 is 0 Å². The lowest BCUT2D eigenvalue weighted by molar-refractivity contribution is 0.403. The summed E-state index contributed by atoms with van der Waals surface area (Å²) in [4.78, 5) is -0.0480. The molecular formula is C12H19NO5S2. The van der Waals surface area contributed by atoms with Crippen LogP contribution in [0.15, 0.2) is 23.1 Å². The number of nitrogen functional groups attached to an aromatic ring is 1. The minimum Gasteiger partial charge on any atom is -0.495 e. The lowest BCUT2D eigenvalue weighted by Crippen LogP contribution is -2.23. The van der Waals surface area contributed by atoms with Gasteiger partial charge < -0.3 is 10.5 Å². The van der Waals surface area contributed by atoms with Crippen LogP contribution in [0, 0.1) is 0 Å². The number of anilines is 1. The SMILES string of the molecule is COc1cc(N)ccc1S(=O)(=O)CCS(=O)(=O)C(C)C. The van der Waals surface area contributed by atoms with Crippen molar-refractivity contribution >= 4 is 25.4 Å². The predicted molar refractivity (Wildman–Crippen MR) is 78.4 cm³/mol. The molecule has 1 aromatic rings. The van der Waals surface area contributed by atoms with Crippen molar-refractivity contribution in [3.8, 4) is 5.75 Å². The smallest absolute Gasteiger partial charge is 0.183 e. The van der Waals surface area contributed by atoms with Gasteiger partial charge in [-0.3, -0.25) is 0 Å². The van der Waals surface area contributed by atoms with Crippen LogP contribution in [-0.4, -0.2) is 40.7 Å². The van der Waals surface area contributed by atoms with Crippen LogP contribution < -0.4 is 10.5 Å². The van der Waals surface area contributed by atoms with E-state index in [1.807, 2.05) is 0 Å². The zero-order chi connectivity index (χ0) is 15.6. The fraction of sp³-hybridized carbons (Fsp3) is 0.500. The Kier molecular flexibility index (Phi) is 5.04. The third kappa shape index (κ3) is 3.86. The molecule has 114 valence electrons. The Hall–Kier alpha value is -1.28. The van der Waals surface area contributed by atoms with E-state index in [1.54, 1.807) is 0 Å². The number of rotatable bonds is 6. The van der Waals surface area contributed by atoms with Crippen LogP contribution in [0.25, 0.3) is 0 Å². The van der Waals surface area contributed by atoms with Gasteiger partial charge >= 0.3 is 0 Å². The summed E-state index contributed by atoms with van der Waals surface area (Å²) in [6.07, 6.45) is 0. The van der Waals surface area contributed by atoms with Crippen molar-refractivity contribution in [1.82, 2.24) is 0 Å². The van der Waals surface area contributed by atoms with Crippen molar-refractivity contribution in [3.05, 3.63) is 18.2 Å². The number of hydrogen-bond acceptors (Lipinski definition) is 6. The fourth-order valence-electron chi connectivity index (χ4n) is 1.51. The molecule has 0 saturated carbocycles. The molecule has 0 aliphatic carbocycles. The Labute approximate surface area is 119 Å². The Morgan fingerprint density at radius 2 is 1.75 bits per heavy atom. The van der Waals surface area contributed by atoms with Crippen molar-refractivity contribution in [2.45, 2.75) is 24.0 Å². The summed E-state index contributed by atoms with van der Waals surface area (Å²) in [5.41, 5.74) is 5.93. The van der Waals surface area contributed by atoms with E-state index in [1.165, 1.54) is 39.2 Å². The first-order valence-corrected chi connectivity index (χ1v) is 9.35. The molecule has 0 bridgehead atoms. The molecule has 0 atom stereocenters. The van der Waals surface area contributed by atoms with Crippen molar-refractivity contribution in [3.63, 3.8) is 0 Å². The molecule has 1 aromatic carbocycles. The second-order valence-corrected chi connectivity index (χ2v) is 9.40. The first kappa shape index (κ1) is 16.8. The van der Waals surface area contributed by atoms with Gasteiger partial charge in [-0.25, -0.2) is 16.8 Å². The van der Waals surface area contributed by atoms with E-state index in [9.17, 15) is 16.8 Å². The molecule has 0 saturated heterocycles. The first-order valence-electron chi connectivity index (χ1n) is 5.98. The normalized spacial score (nSPS) is 12.6. The summed E-state index contributed by atoms with van der Waals surface area (Å²) in [5.74, 6) is -0.777. The molecule has 2 N–H and O–H groups in total. The molecule has 0 aliphatic heterocycles. The third-order valence-corrected chi connectivity index (χ3v) is 7.09. The number of nitrogens with two attached hydrogens (primary N) is 1. The van der Waals surface area contributed by atoms with E-state index in [-0.39, 0.29) is 10.6 Å². The molecule has 0 heterocycles. The highest BCUT2D eigenvalue weighted by Crippen LogP contribution is 2.27. The monoisotopic (exact) mass is 321 g/mol. The first-order chi connectivity index (χ1) is 9.10. The quantitative estimate of drug-likeness (QED) is 0.780. The summed E-state index contributed by atoms with van der Waals surface area (Å²) in [6, 6.07) is 4.15. The average molecular weight is 321 g/mol. The van der Waals surface area contributed by atoms with Gasteiger partial charge in [-0.15, -0.1) is 0 Å². The molecule has 6 nitrogen and oxygen atoms in total. The van der Waals surface area contributed by atoms with Gasteiger partial charge in [0.15, 0.2) is 19.7 Å². The van der Waals surface area contributed by atoms with E-state index in [4.69, 9.17) is 10.5 Å². The van der Waals surface area contributed by atoms with Gasteiger partial charge in [0, 0.05) is 11.8 Å². The predicted octanol–water partition coefficient (Wildman–Crippen LogP) is 0.874. The van der Waals surface area contributed by atoms with Gasteiger partial charge in [0.05, 0.1) is 23.9 Å². The van der Waals surface area contributed by atoms with E-state index < -0.39 is 36.4 Å². The standard InChI is InChI=1S/C12H19NO5S2/c1-9(2)19(14,15)6-7-20(16,17)12-5-4-10(13)8-11(12)18-3/h4-5,8-9H,6-7,13H2,1-3H3. The fourth-order valence-corrected chi connectivity index (χ4v) is 4.74. The Bertz CT molecular complexity index is 678. The lowest BCUT2D eigenvalue weighted by Gasteiger charge is -2.11. The van der Waals surface area contributed by atoms with Gasteiger partial charge in [-0.2, -0.15) is 0 Å². The molecule has 1 rings (SSSR count). The third-order valence-electron chi connectivity index (χ3n) is 2.88. The van der Waals surface area contributed by atoms with Crippen LogP contribution in [-0.2, 0) is 19.7 Å². The number of methoxy groups -OCH3 is 1.